The van der Waals surface area contributed by atoms with E-state index in [0.29, 0.717) is 13.0 Å². The highest BCUT2D eigenvalue weighted by molar-refractivity contribution is 6.07. The molecule has 2 aliphatic heterocycles. The standard InChI is InChI=1S/C17H22N6O2/c24-16-3-7-22(17(25)20-16)15-11-19-23-8-2-13(10-14(15)23)12-21-6-1-4-18-5-9-21/h2,8,10-11,18H,1,3-7,9,12H2,(H,20,24,25). The van der Waals surface area contributed by atoms with Crippen LogP contribution in [-0.2, 0) is 11.3 Å². The molecule has 3 amide bonds. The molecule has 0 bridgehead atoms. The number of rotatable bonds is 3. The smallest absolute Gasteiger partial charge is 0.315 e. The van der Waals surface area contributed by atoms with E-state index in [9.17, 15) is 9.59 Å². The van der Waals surface area contributed by atoms with E-state index < -0.39 is 0 Å². The van der Waals surface area contributed by atoms with Gasteiger partial charge in [-0.25, -0.2) is 9.31 Å². The summed E-state index contributed by atoms with van der Waals surface area (Å²) < 4.78 is 1.77. The van der Waals surface area contributed by atoms with Crippen LogP contribution in [-0.4, -0.2) is 59.2 Å². The molecule has 0 atom stereocenters. The number of nitrogens with one attached hydrogen (secondary N) is 2. The van der Waals surface area contributed by atoms with E-state index in [4.69, 9.17) is 0 Å². The van der Waals surface area contributed by atoms with Crippen molar-refractivity contribution in [2.45, 2.75) is 19.4 Å². The number of aromatic nitrogens is 2. The Morgan fingerprint density at radius 1 is 1.16 bits per heavy atom. The highest BCUT2D eigenvalue weighted by Gasteiger charge is 2.26. The van der Waals surface area contributed by atoms with Crippen LogP contribution in [0.15, 0.2) is 24.5 Å². The maximum absolute atomic E-state index is 12.1. The highest BCUT2D eigenvalue weighted by atomic mass is 16.2. The number of hydrogen-bond acceptors (Lipinski definition) is 5. The first kappa shape index (κ1) is 16.0. The first-order valence-corrected chi connectivity index (χ1v) is 8.71. The Bertz CT molecular complexity index is 794. The normalized spacial score (nSPS) is 19.9. The number of anilines is 1. The largest absolute Gasteiger partial charge is 0.328 e. The predicted octanol–water partition coefficient (Wildman–Crippen LogP) is 0.576. The Hall–Kier alpha value is -2.45. The molecule has 0 unspecified atom stereocenters. The van der Waals surface area contributed by atoms with E-state index in [-0.39, 0.29) is 11.9 Å². The van der Waals surface area contributed by atoms with Crippen molar-refractivity contribution in [2.24, 2.45) is 0 Å². The minimum absolute atomic E-state index is 0.229. The van der Waals surface area contributed by atoms with Crippen LogP contribution in [0.1, 0.15) is 18.4 Å². The zero-order valence-corrected chi connectivity index (χ0v) is 14.1. The molecule has 2 aliphatic rings. The van der Waals surface area contributed by atoms with Gasteiger partial charge in [-0.2, -0.15) is 5.10 Å². The molecule has 132 valence electrons. The van der Waals surface area contributed by atoms with Gasteiger partial charge in [0.1, 0.15) is 0 Å². The Kier molecular flexibility index (Phi) is 4.37. The zero-order valence-electron chi connectivity index (χ0n) is 14.1. The maximum atomic E-state index is 12.1. The minimum atomic E-state index is -0.379. The third-order valence-corrected chi connectivity index (χ3v) is 4.75. The van der Waals surface area contributed by atoms with Crippen LogP contribution >= 0.6 is 0 Å². The van der Waals surface area contributed by atoms with E-state index in [0.717, 1.165) is 50.3 Å². The van der Waals surface area contributed by atoms with E-state index in [2.05, 4.69) is 32.8 Å². The van der Waals surface area contributed by atoms with Gasteiger partial charge in [0.25, 0.3) is 0 Å². The number of amides is 3. The lowest BCUT2D eigenvalue weighted by atomic mass is 10.2. The number of imide groups is 1. The van der Waals surface area contributed by atoms with Crippen molar-refractivity contribution in [3.05, 3.63) is 30.1 Å². The van der Waals surface area contributed by atoms with Crippen LogP contribution in [0.3, 0.4) is 0 Å². The molecular weight excluding hydrogens is 320 g/mol. The van der Waals surface area contributed by atoms with Gasteiger partial charge < -0.3 is 5.32 Å². The van der Waals surface area contributed by atoms with Crippen LogP contribution in [0.4, 0.5) is 10.5 Å². The average Bonchev–Trinajstić information content (AvgIpc) is 2.83. The molecule has 4 rings (SSSR count). The summed E-state index contributed by atoms with van der Waals surface area (Å²) in [4.78, 5) is 27.5. The lowest BCUT2D eigenvalue weighted by molar-refractivity contribution is -0.120. The fraction of sp³-hybridized carbons (Fsp3) is 0.471. The number of carbonyl (C=O) groups excluding carboxylic acids is 2. The Morgan fingerprint density at radius 3 is 2.96 bits per heavy atom. The summed E-state index contributed by atoms with van der Waals surface area (Å²) in [5.41, 5.74) is 2.82. The number of nitrogens with zero attached hydrogens (tertiary/aromatic N) is 4. The number of urea groups is 1. The number of carbonyl (C=O) groups is 2. The molecule has 8 heteroatoms. The van der Waals surface area contributed by atoms with Gasteiger partial charge >= 0.3 is 6.03 Å². The van der Waals surface area contributed by atoms with Crippen LogP contribution in [0, 0.1) is 0 Å². The summed E-state index contributed by atoms with van der Waals surface area (Å²) in [6.07, 6.45) is 5.08. The minimum Gasteiger partial charge on any atom is -0.315 e. The molecule has 8 nitrogen and oxygen atoms in total. The number of fused-ring (bicyclic) bond motifs is 1. The molecule has 0 radical (unpaired) electrons. The van der Waals surface area contributed by atoms with Gasteiger partial charge in [0.15, 0.2) is 0 Å². The van der Waals surface area contributed by atoms with Gasteiger partial charge in [-0.1, -0.05) is 0 Å². The molecular formula is C17H22N6O2. The van der Waals surface area contributed by atoms with Gasteiger partial charge in [0.2, 0.25) is 5.91 Å². The first-order valence-electron chi connectivity index (χ1n) is 8.71. The topological polar surface area (TPSA) is 82.0 Å². The summed E-state index contributed by atoms with van der Waals surface area (Å²) in [5.74, 6) is -0.229. The second-order valence-electron chi connectivity index (χ2n) is 6.53. The van der Waals surface area contributed by atoms with Crippen molar-refractivity contribution >= 4 is 23.1 Å². The summed E-state index contributed by atoms with van der Waals surface area (Å²) in [7, 11) is 0. The van der Waals surface area contributed by atoms with E-state index in [1.54, 1.807) is 15.6 Å². The lowest BCUT2D eigenvalue weighted by Gasteiger charge is -2.25. The van der Waals surface area contributed by atoms with Crippen molar-refractivity contribution in [3.8, 4) is 0 Å². The highest BCUT2D eigenvalue weighted by Crippen LogP contribution is 2.24. The third kappa shape index (κ3) is 3.35. The second-order valence-corrected chi connectivity index (χ2v) is 6.53. The Balaban J connectivity index is 1.59. The molecule has 0 spiro atoms. The fourth-order valence-corrected chi connectivity index (χ4v) is 3.43. The van der Waals surface area contributed by atoms with Gasteiger partial charge in [0, 0.05) is 38.8 Å². The average molecular weight is 342 g/mol. The molecule has 2 aromatic heterocycles. The molecule has 0 saturated carbocycles. The van der Waals surface area contributed by atoms with Crippen LogP contribution in [0.5, 0.6) is 0 Å². The van der Waals surface area contributed by atoms with Gasteiger partial charge in [0.05, 0.1) is 17.4 Å². The molecule has 2 fully saturated rings. The van der Waals surface area contributed by atoms with Crippen molar-refractivity contribution in [2.75, 3.05) is 37.6 Å². The molecule has 2 N–H and O–H groups in total. The number of hydrogen-bond donors (Lipinski definition) is 2. The van der Waals surface area contributed by atoms with Crippen molar-refractivity contribution < 1.29 is 9.59 Å². The molecule has 2 aromatic rings. The predicted molar refractivity (Wildman–Crippen MR) is 93.5 cm³/mol. The van der Waals surface area contributed by atoms with Crippen LogP contribution in [0.25, 0.3) is 5.52 Å². The zero-order chi connectivity index (χ0) is 17.2. The molecule has 0 aliphatic carbocycles. The monoisotopic (exact) mass is 342 g/mol. The van der Waals surface area contributed by atoms with Gasteiger partial charge in [-0.15, -0.1) is 0 Å². The quantitative estimate of drug-likeness (QED) is 0.853. The van der Waals surface area contributed by atoms with E-state index in [1.807, 2.05) is 6.20 Å². The van der Waals surface area contributed by atoms with Gasteiger partial charge in [-0.05, 0) is 37.2 Å². The number of pyridine rings is 1. The van der Waals surface area contributed by atoms with Crippen molar-refractivity contribution in [1.82, 2.24) is 25.1 Å². The molecule has 4 heterocycles. The summed E-state index contributed by atoms with van der Waals surface area (Å²) >= 11 is 0. The van der Waals surface area contributed by atoms with Gasteiger partial charge in [-0.3, -0.25) is 19.9 Å². The van der Waals surface area contributed by atoms with Crippen molar-refractivity contribution in [1.29, 1.82) is 0 Å². The lowest BCUT2D eigenvalue weighted by Crippen LogP contribution is -2.49. The first-order chi connectivity index (χ1) is 12.2. The SMILES string of the molecule is O=C1CCN(c2cnn3ccc(CN4CCCNCC4)cc23)C(=O)N1. The molecule has 2 saturated heterocycles. The second kappa shape index (κ2) is 6.81. The van der Waals surface area contributed by atoms with Crippen molar-refractivity contribution in [3.63, 3.8) is 0 Å². The molecule has 25 heavy (non-hydrogen) atoms. The molecule has 0 aromatic carbocycles. The Labute approximate surface area is 145 Å². The third-order valence-electron chi connectivity index (χ3n) is 4.75. The van der Waals surface area contributed by atoms with E-state index >= 15 is 0 Å². The van der Waals surface area contributed by atoms with Crippen LogP contribution < -0.4 is 15.5 Å². The summed E-state index contributed by atoms with van der Waals surface area (Å²) in [6, 6.07) is 3.78. The fourth-order valence-electron chi connectivity index (χ4n) is 3.43. The summed E-state index contributed by atoms with van der Waals surface area (Å²) in [5, 5.41) is 10.1. The van der Waals surface area contributed by atoms with E-state index in [1.165, 1.54) is 5.56 Å². The van der Waals surface area contributed by atoms with Crippen LogP contribution in [0.2, 0.25) is 0 Å². The summed E-state index contributed by atoms with van der Waals surface area (Å²) in [6.45, 7) is 5.48. The Morgan fingerprint density at radius 2 is 2.08 bits per heavy atom. The maximum Gasteiger partial charge on any atom is 0.328 e.